The molecule has 1 heterocycles. The number of carbonyl (C=O) groups is 1. The van der Waals surface area contributed by atoms with Gasteiger partial charge in [0.15, 0.2) is 5.78 Å². The molecule has 0 aliphatic carbocycles. The van der Waals surface area contributed by atoms with Crippen LogP contribution in [0.3, 0.4) is 0 Å². The van der Waals surface area contributed by atoms with Crippen molar-refractivity contribution in [3.05, 3.63) is 34.9 Å². The highest BCUT2D eigenvalue weighted by Gasteiger charge is 2.23. The van der Waals surface area contributed by atoms with E-state index in [0.717, 1.165) is 19.0 Å². The second-order valence-electron chi connectivity index (χ2n) is 5.68. The highest BCUT2D eigenvalue weighted by molar-refractivity contribution is 6.33. The van der Waals surface area contributed by atoms with Gasteiger partial charge in [0.1, 0.15) is 0 Å². The second-order valence-corrected chi connectivity index (χ2v) is 6.09. The number of piperidine rings is 1. The lowest BCUT2D eigenvalue weighted by Crippen LogP contribution is -2.42. The van der Waals surface area contributed by atoms with E-state index in [0.29, 0.717) is 23.0 Å². The summed E-state index contributed by atoms with van der Waals surface area (Å²) < 4.78 is 0. The first-order valence-corrected chi connectivity index (χ1v) is 7.47. The minimum absolute atomic E-state index is 0.149. The molecule has 0 N–H and O–H groups in total. The number of hydrogen-bond donors (Lipinski definition) is 0. The van der Waals surface area contributed by atoms with Gasteiger partial charge in [-0.25, -0.2) is 0 Å². The van der Waals surface area contributed by atoms with Crippen LogP contribution in [-0.2, 0) is 0 Å². The van der Waals surface area contributed by atoms with Gasteiger partial charge in [-0.1, -0.05) is 30.7 Å². The monoisotopic (exact) mass is 279 g/mol. The van der Waals surface area contributed by atoms with E-state index in [9.17, 15) is 4.79 Å². The molecule has 19 heavy (non-hydrogen) atoms. The lowest BCUT2D eigenvalue weighted by atomic mass is 9.94. The Morgan fingerprint density at radius 1 is 1.32 bits per heavy atom. The standard InChI is InChI=1S/C16H22ClNO/c1-12-7-8-13(2)18(11-12)10-9-16(19)14-5-3-4-6-15(14)17/h3-6,12-13H,7-11H2,1-2H3. The van der Waals surface area contributed by atoms with Crippen LogP contribution in [0, 0.1) is 5.92 Å². The van der Waals surface area contributed by atoms with E-state index in [1.807, 2.05) is 18.2 Å². The first kappa shape index (κ1) is 14.5. The summed E-state index contributed by atoms with van der Waals surface area (Å²) in [4.78, 5) is 14.6. The normalized spacial score (nSPS) is 24.4. The summed E-state index contributed by atoms with van der Waals surface area (Å²) in [6.45, 7) is 6.49. The summed E-state index contributed by atoms with van der Waals surface area (Å²) in [7, 11) is 0. The van der Waals surface area contributed by atoms with Gasteiger partial charge in [0.05, 0.1) is 5.02 Å². The van der Waals surface area contributed by atoms with Gasteiger partial charge in [0.25, 0.3) is 0 Å². The van der Waals surface area contributed by atoms with Crippen molar-refractivity contribution in [1.82, 2.24) is 4.90 Å². The summed E-state index contributed by atoms with van der Waals surface area (Å²) in [5.74, 6) is 0.891. The molecule has 1 aromatic rings. The maximum Gasteiger partial charge on any atom is 0.165 e. The Bertz CT molecular complexity index is 446. The highest BCUT2D eigenvalue weighted by atomic mass is 35.5. The molecule has 0 saturated carbocycles. The molecule has 0 amide bonds. The lowest BCUT2D eigenvalue weighted by molar-refractivity contribution is 0.0900. The molecule has 1 aromatic carbocycles. The summed E-state index contributed by atoms with van der Waals surface area (Å²) in [6.07, 6.45) is 3.10. The number of benzene rings is 1. The second kappa shape index (κ2) is 6.53. The zero-order valence-electron chi connectivity index (χ0n) is 11.7. The van der Waals surface area contributed by atoms with E-state index in [-0.39, 0.29) is 5.78 Å². The van der Waals surface area contributed by atoms with Crippen molar-refractivity contribution in [3.8, 4) is 0 Å². The number of hydrogen-bond acceptors (Lipinski definition) is 2. The van der Waals surface area contributed by atoms with Crippen LogP contribution in [0.4, 0.5) is 0 Å². The van der Waals surface area contributed by atoms with Crippen LogP contribution in [0.2, 0.25) is 5.02 Å². The third-order valence-corrected chi connectivity index (χ3v) is 4.38. The maximum atomic E-state index is 12.2. The predicted molar refractivity (Wildman–Crippen MR) is 79.8 cm³/mol. The summed E-state index contributed by atoms with van der Waals surface area (Å²) in [5.41, 5.74) is 0.655. The van der Waals surface area contributed by atoms with Crippen molar-refractivity contribution in [3.63, 3.8) is 0 Å². The number of Topliss-reactive ketones (excluding diaryl/α,β-unsaturated/α-hetero) is 1. The minimum Gasteiger partial charge on any atom is -0.300 e. The van der Waals surface area contributed by atoms with Gasteiger partial charge in [-0.05, 0) is 37.8 Å². The number of carbonyl (C=O) groups excluding carboxylic acids is 1. The fourth-order valence-electron chi connectivity index (χ4n) is 2.76. The molecule has 1 fully saturated rings. The Kier molecular flexibility index (Phi) is 5.00. The fourth-order valence-corrected chi connectivity index (χ4v) is 3.00. The first-order chi connectivity index (χ1) is 9.08. The number of ketones is 1. The Balaban J connectivity index is 1.91. The van der Waals surface area contributed by atoms with Crippen LogP contribution in [0.5, 0.6) is 0 Å². The van der Waals surface area contributed by atoms with Gasteiger partial charge < -0.3 is 0 Å². The molecule has 2 unspecified atom stereocenters. The molecule has 1 saturated heterocycles. The maximum absolute atomic E-state index is 12.2. The van der Waals surface area contributed by atoms with Gasteiger partial charge in [-0.2, -0.15) is 0 Å². The minimum atomic E-state index is 0.149. The molecule has 2 atom stereocenters. The van der Waals surface area contributed by atoms with Gasteiger partial charge in [0.2, 0.25) is 0 Å². The zero-order chi connectivity index (χ0) is 13.8. The summed E-state index contributed by atoms with van der Waals surface area (Å²) in [6, 6.07) is 7.90. The molecule has 1 aliphatic rings. The molecule has 104 valence electrons. The van der Waals surface area contributed by atoms with Crippen molar-refractivity contribution in [2.24, 2.45) is 5.92 Å². The lowest BCUT2D eigenvalue weighted by Gasteiger charge is -2.36. The third kappa shape index (κ3) is 3.80. The third-order valence-electron chi connectivity index (χ3n) is 4.05. The number of rotatable bonds is 4. The van der Waals surface area contributed by atoms with Crippen LogP contribution in [0.1, 0.15) is 43.5 Å². The van der Waals surface area contributed by atoms with Crippen LogP contribution < -0.4 is 0 Å². The number of nitrogens with zero attached hydrogens (tertiary/aromatic N) is 1. The molecule has 2 rings (SSSR count). The van der Waals surface area contributed by atoms with E-state index >= 15 is 0 Å². The van der Waals surface area contributed by atoms with Crippen molar-refractivity contribution < 1.29 is 4.79 Å². The molecular weight excluding hydrogens is 258 g/mol. The molecular formula is C16H22ClNO. The highest BCUT2D eigenvalue weighted by Crippen LogP contribution is 2.22. The molecule has 2 nitrogen and oxygen atoms in total. The molecule has 0 bridgehead atoms. The van der Waals surface area contributed by atoms with Crippen molar-refractivity contribution in [2.75, 3.05) is 13.1 Å². The van der Waals surface area contributed by atoms with Crippen LogP contribution >= 0.6 is 11.6 Å². The Labute approximate surface area is 120 Å². The van der Waals surface area contributed by atoms with E-state index < -0.39 is 0 Å². The molecule has 1 aliphatic heterocycles. The average Bonchev–Trinajstić information content (AvgIpc) is 2.40. The number of halogens is 1. The van der Waals surface area contributed by atoms with E-state index in [1.165, 1.54) is 12.8 Å². The van der Waals surface area contributed by atoms with E-state index in [4.69, 9.17) is 11.6 Å². The Hall–Kier alpha value is -0.860. The van der Waals surface area contributed by atoms with Crippen LogP contribution in [0.25, 0.3) is 0 Å². The van der Waals surface area contributed by atoms with Crippen LogP contribution in [0.15, 0.2) is 24.3 Å². The number of likely N-dealkylation sites (tertiary alicyclic amines) is 1. The Morgan fingerprint density at radius 2 is 2.05 bits per heavy atom. The molecule has 0 radical (unpaired) electrons. The Morgan fingerprint density at radius 3 is 2.79 bits per heavy atom. The fraction of sp³-hybridized carbons (Fsp3) is 0.562. The summed E-state index contributed by atoms with van der Waals surface area (Å²) in [5, 5.41) is 0.563. The van der Waals surface area contributed by atoms with E-state index in [1.54, 1.807) is 6.07 Å². The quantitative estimate of drug-likeness (QED) is 0.776. The van der Waals surface area contributed by atoms with Crippen molar-refractivity contribution in [1.29, 1.82) is 0 Å². The topological polar surface area (TPSA) is 20.3 Å². The van der Waals surface area contributed by atoms with Crippen LogP contribution in [-0.4, -0.2) is 29.8 Å². The van der Waals surface area contributed by atoms with Gasteiger partial charge in [0, 0.05) is 31.1 Å². The average molecular weight is 280 g/mol. The van der Waals surface area contributed by atoms with Gasteiger partial charge in [-0.15, -0.1) is 0 Å². The largest absolute Gasteiger partial charge is 0.300 e. The van der Waals surface area contributed by atoms with Crippen molar-refractivity contribution >= 4 is 17.4 Å². The smallest absolute Gasteiger partial charge is 0.165 e. The molecule has 0 spiro atoms. The predicted octanol–water partition coefficient (Wildman–Crippen LogP) is 4.03. The van der Waals surface area contributed by atoms with Gasteiger partial charge in [-0.3, -0.25) is 9.69 Å². The van der Waals surface area contributed by atoms with Gasteiger partial charge >= 0.3 is 0 Å². The first-order valence-electron chi connectivity index (χ1n) is 7.09. The van der Waals surface area contributed by atoms with E-state index in [2.05, 4.69) is 18.7 Å². The molecule has 0 aromatic heterocycles. The zero-order valence-corrected chi connectivity index (χ0v) is 12.5. The molecule has 3 heteroatoms. The summed E-state index contributed by atoms with van der Waals surface area (Å²) >= 11 is 6.06. The SMILES string of the molecule is CC1CCC(C)N(CCC(=O)c2ccccc2Cl)C1. The van der Waals surface area contributed by atoms with Crippen molar-refractivity contribution in [2.45, 2.75) is 39.2 Å².